The summed E-state index contributed by atoms with van der Waals surface area (Å²) in [4.78, 5) is 13.9. The Balaban J connectivity index is 0.000000185. The van der Waals surface area contributed by atoms with Gasteiger partial charge in [-0.1, -0.05) is 36.5 Å². The van der Waals surface area contributed by atoms with Gasteiger partial charge in [-0.2, -0.15) is 29.8 Å². The maximum absolute atomic E-state index is 9.88. The minimum absolute atomic E-state index is 0. The molecule has 3 rings (SSSR count). The summed E-state index contributed by atoms with van der Waals surface area (Å²) in [5.41, 5.74) is 1.61. The summed E-state index contributed by atoms with van der Waals surface area (Å²) in [6.07, 6.45) is 4.56. The van der Waals surface area contributed by atoms with Crippen LogP contribution in [0.2, 0.25) is 0 Å². The summed E-state index contributed by atoms with van der Waals surface area (Å²) in [5.74, 6) is 0. The zero-order valence-electron chi connectivity index (χ0n) is 10.0. The number of hydrogen-bond donors (Lipinski definition) is 0. The summed E-state index contributed by atoms with van der Waals surface area (Å²) in [6, 6.07) is 20.7. The van der Waals surface area contributed by atoms with Crippen LogP contribution in [0.4, 0.5) is 0 Å². The minimum Gasteiger partial charge on any atom is -0.386 e. The van der Waals surface area contributed by atoms with E-state index in [1.165, 1.54) is 5.39 Å². The third-order valence-electron chi connectivity index (χ3n) is 2.35. The molecule has 0 spiro atoms. The number of aromatic nitrogens is 1. The van der Waals surface area contributed by atoms with Crippen molar-refractivity contribution in [3.8, 4) is 0 Å². The molecule has 0 aliphatic rings. The van der Waals surface area contributed by atoms with Gasteiger partial charge in [0, 0.05) is 0 Å². The Morgan fingerprint density at radius 1 is 0.895 bits per heavy atom. The molecule has 1 heterocycles. The van der Waals surface area contributed by atoms with E-state index in [0.717, 1.165) is 5.52 Å². The van der Waals surface area contributed by atoms with Gasteiger partial charge in [0.1, 0.15) is 0 Å². The van der Waals surface area contributed by atoms with Crippen LogP contribution in [0.25, 0.3) is 10.9 Å². The number of nitrogens with zero attached hydrogens (tertiary/aromatic N) is 1. The molecule has 3 aromatic rings. The number of pyridine rings is 1. The van der Waals surface area contributed by atoms with Crippen LogP contribution in [-0.4, -0.2) is 11.3 Å². The molecule has 0 saturated carbocycles. The molecule has 1 aromatic heterocycles. The SMILES string of the molecule is O=[C-]c1ccccc1.[Pd+2].[c-]1ccc2ccccc2n1. The Hall–Kier alpha value is -1.82. The van der Waals surface area contributed by atoms with Crippen LogP contribution in [0.5, 0.6) is 0 Å². The number of benzene rings is 2. The smallest absolute Gasteiger partial charge is 0.386 e. The predicted molar refractivity (Wildman–Crippen MR) is 71.8 cm³/mol. The first-order chi connectivity index (χ1) is 8.90. The van der Waals surface area contributed by atoms with Crippen molar-refractivity contribution in [1.82, 2.24) is 4.98 Å². The fraction of sp³-hybridized carbons (Fsp3) is 0. The quantitative estimate of drug-likeness (QED) is 0.503. The fourth-order valence-electron chi connectivity index (χ4n) is 1.47. The van der Waals surface area contributed by atoms with Crippen molar-refractivity contribution in [2.24, 2.45) is 0 Å². The van der Waals surface area contributed by atoms with E-state index in [1.807, 2.05) is 42.5 Å². The van der Waals surface area contributed by atoms with E-state index >= 15 is 0 Å². The molecule has 0 aliphatic heterocycles. The van der Waals surface area contributed by atoms with Crippen molar-refractivity contribution in [2.75, 3.05) is 0 Å². The van der Waals surface area contributed by atoms with Gasteiger partial charge in [-0.05, 0) is 5.52 Å². The summed E-state index contributed by atoms with van der Waals surface area (Å²) >= 11 is 0. The molecular weight excluding hydrogens is 329 g/mol. The Morgan fingerprint density at radius 3 is 2.21 bits per heavy atom. The van der Waals surface area contributed by atoms with Crippen LogP contribution in [0.3, 0.4) is 0 Å². The van der Waals surface area contributed by atoms with Crippen molar-refractivity contribution < 1.29 is 25.2 Å². The number of para-hydroxylation sites is 1. The van der Waals surface area contributed by atoms with Gasteiger partial charge in [-0.25, -0.2) is 0 Å². The number of fused-ring (bicyclic) bond motifs is 1. The minimum atomic E-state index is 0. The molecule has 0 bridgehead atoms. The zero-order chi connectivity index (χ0) is 12.6. The molecule has 0 saturated heterocycles. The number of rotatable bonds is 1. The number of carbonyl (C=O) groups excluding carboxylic acids is 1. The van der Waals surface area contributed by atoms with E-state index < -0.39 is 0 Å². The molecule has 0 unspecified atom stereocenters. The Bertz CT molecular complexity index is 560. The summed E-state index contributed by atoms with van der Waals surface area (Å²) in [5, 5.41) is 1.17. The summed E-state index contributed by atoms with van der Waals surface area (Å²) in [7, 11) is 0. The van der Waals surface area contributed by atoms with Crippen LogP contribution in [0.15, 0.2) is 66.7 Å². The van der Waals surface area contributed by atoms with E-state index in [2.05, 4.69) is 11.2 Å². The standard InChI is InChI=1S/C9H6N.C7H5O.Pd/c1-2-6-9-8(4-1)5-3-7-10-9;8-6-7-4-2-1-3-5-7;/h1-6H;1-5H;/q2*-1;+2. The van der Waals surface area contributed by atoms with Crippen molar-refractivity contribution in [2.45, 2.75) is 0 Å². The van der Waals surface area contributed by atoms with Gasteiger partial charge in [0.15, 0.2) is 0 Å². The molecule has 2 nitrogen and oxygen atoms in total. The first-order valence-corrected chi connectivity index (χ1v) is 5.55. The molecule has 96 valence electrons. The molecule has 0 N–H and O–H groups in total. The molecule has 19 heavy (non-hydrogen) atoms. The van der Waals surface area contributed by atoms with Gasteiger partial charge in [0.05, 0.1) is 6.29 Å². The maximum Gasteiger partial charge on any atom is 2.00 e. The van der Waals surface area contributed by atoms with Gasteiger partial charge in [0.2, 0.25) is 0 Å². The second kappa shape index (κ2) is 8.31. The summed E-state index contributed by atoms with van der Waals surface area (Å²) in [6.45, 7) is 0. The van der Waals surface area contributed by atoms with Crippen molar-refractivity contribution in [1.29, 1.82) is 0 Å². The van der Waals surface area contributed by atoms with E-state index in [-0.39, 0.29) is 20.4 Å². The van der Waals surface area contributed by atoms with Crippen LogP contribution >= 0.6 is 0 Å². The fourth-order valence-corrected chi connectivity index (χ4v) is 1.47. The summed E-state index contributed by atoms with van der Waals surface area (Å²) < 4.78 is 0. The molecule has 3 heteroatoms. The zero-order valence-corrected chi connectivity index (χ0v) is 11.6. The van der Waals surface area contributed by atoms with Gasteiger partial charge in [-0.3, -0.25) is 0 Å². The second-order valence-electron chi connectivity index (χ2n) is 3.60. The molecule has 2 aromatic carbocycles. The molecule has 0 fully saturated rings. The van der Waals surface area contributed by atoms with E-state index in [4.69, 9.17) is 0 Å². The first-order valence-electron chi connectivity index (χ1n) is 5.55. The van der Waals surface area contributed by atoms with Crippen LogP contribution < -0.4 is 0 Å². The molecule has 0 radical (unpaired) electrons. The van der Waals surface area contributed by atoms with Gasteiger partial charge >= 0.3 is 20.4 Å². The maximum atomic E-state index is 9.88. The van der Waals surface area contributed by atoms with Crippen LogP contribution in [0, 0.1) is 6.20 Å². The van der Waals surface area contributed by atoms with Gasteiger partial charge in [0.25, 0.3) is 0 Å². The normalized spacial score (nSPS) is 8.84. The van der Waals surface area contributed by atoms with Crippen molar-refractivity contribution in [3.05, 3.63) is 78.5 Å². The largest absolute Gasteiger partial charge is 2.00 e. The van der Waals surface area contributed by atoms with Crippen molar-refractivity contribution in [3.63, 3.8) is 0 Å². The van der Waals surface area contributed by atoms with Crippen LogP contribution in [-0.2, 0) is 25.2 Å². The topological polar surface area (TPSA) is 30.0 Å². The molecule has 0 amide bonds. The third-order valence-corrected chi connectivity index (χ3v) is 2.35. The van der Waals surface area contributed by atoms with Crippen molar-refractivity contribution >= 4 is 17.2 Å². The Kier molecular flexibility index (Phi) is 6.67. The average Bonchev–Trinajstić information content (AvgIpc) is 2.49. The van der Waals surface area contributed by atoms with Gasteiger partial charge in [-0.15, -0.1) is 17.5 Å². The van der Waals surface area contributed by atoms with E-state index in [9.17, 15) is 4.79 Å². The van der Waals surface area contributed by atoms with E-state index in [1.54, 1.807) is 30.6 Å². The van der Waals surface area contributed by atoms with Crippen LogP contribution in [0.1, 0.15) is 5.56 Å². The molecule has 0 atom stereocenters. The predicted octanol–water partition coefficient (Wildman–Crippen LogP) is 3.18. The Labute approximate surface area is 126 Å². The average molecular weight is 340 g/mol. The third kappa shape index (κ3) is 4.75. The Morgan fingerprint density at radius 2 is 1.58 bits per heavy atom. The molecular formula is C16H11NOPd. The first kappa shape index (κ1) is 15.2. The second-order valence-corrected chi connectivity index (χ2v) is 3.60. The van der Waals surface area contributed by atoms with Gasteiger partial charge < -0.3 is 9.78 Å². The number of hydrogen-bond acceptors (Lipinski definition) is 2. The van der Waals surface area contributed by atoms with E-state index in [0.29, 0.717) is 5.56 Å². The monoisotopic (exact) mass is 339 g/mol. The molecule has 0 aliphatic carbocycles.